The molecule has 0 atom stereocenters. The van der Waals surface area contributed by atoms with Gasteiger partial charge in [-0.05, 0) is 57.3 Å². The second-order valence-corrected chi connectivity index (χ2v) is 7.89. The number of aromatic nitrogens is 3. The van der Waals surface area contributed by atoms with E-state index in [1.807, 2.05) is 44.3 Å². The first-order valence-corrected chi connectivity index (χ1v) is 9.27. The van der Waals surface area contributed by atoms with Gasteiger partial charge in [-0.25, -0.2) is 9.97 Å². The van der Waals surface area contributed by atoms with Crippen LogP contribution in [0.4, 0.5) is 5.82 Å². The summed E-state index contributed by atoms with van der Waals surface area (Å²) in [6.07, 6.45) is 2.57. The Kier molecular flexibility index (Phi) is 5.20. The standard InChI is InChI=1S/C20H25ClN4O2/c1-12(2)25-11-14-16(18(25)26)22-19(21)23-17(14)24-20(3,4)10-13-8-6-7-9-15(13)27-5/h6-9,11-12,26H,10H2,1-5H3,(H,22,23,24). The quantitative estimate of drug-likeness (QED) is 0.592. The Bertz CT molecular complexity index is 966. The number of para-hydroxylation sites is 1. The molecule has 1 aromatic carbocycles. The molecule has 3 rings (SSSR count). The van der Waals surface area contributed by atoms with Crippen molar-refractivity contribution in [3.05, 3.63) is 41.3 Å². The minimum absolute atomic E-state index is 0.0902. The van der Waals surface area contributed by atoms with Gasteiger partial charge in [-0.3, -0.25) is 0 Å². The fourth-order valence-corrected chi connectivity index (χ4v) is 3.41. The molecule has 0 bridgehead atoms. The van der Waals surface area contributed by atoms with Crippen LogP contribution in [0.15, 0.2) is 30.5 Å². The maximum absolute atomic E-state index is 10.5. The summed E-state index contributed by atoms with van der Waals surface area (Å²) < 4.78 is 7.22. The van der Waals surface area contributed by atoms with Crippen LogP contribution in [-0.4, -0.2) is 32.3 Å². The van der Waals surface area contributed by atoms with E-state index in [4.69, 9.17) is 16.3 Å². The van der Waals surface area contributed by atoms with Crippen molar-refractivity contribution in [2.24, 2.45) is 0 Å². The molecule has 2 aromatic heterocycles. The van der Waals surface area contributed by atoms with Crippen LogP contribution in [0.5, 0.6) is 11.6 Å². The fourth-order valence-electron chi connectivity index (χ4n) is 3.24. The Morgan fingerprint density at radius 3 is 2.63 bits per heavy atom. The molecule has 144 valence electrons. The maximum atomic E-state index is 10.5. The molecule has 0 aliphatic carbocycles. The third-order valence-corrected chi connectivity index (χ3v) is 4.65. The highest BCUT2D eigenvalue weighted by Gasteiger charge is 2.24. The second kappa shape index (κ2) is 7.27. The van der Waals surface area contributed by atoms with Gasteiger partial charge in [0.2, 0.25) is 11.2 Å². The number of anilines is 1. The predicted octanol–water partition coefficient (Wildman–Crippen LogP) is 4.81. The molecule has 2 N–H and O–H groups in total. The number of rotatable bonds is 6. The Morgan fingerprint density at radius 2 is 1.96 bits per heavy atom. The van der Waals surface area contributed by atoms with E-state index < -0.39 is 0 Å². The highest BCUT2D eigenvalue weighted by Crippen LogP contribution is 2.35. The zero-order valence-electron chi connectivity index (χ0n) is 16.2. The summed E-state index contributed by atoms with van der Waals surface area (Å²) in [4.78, 5) is 8.58. The van der Waals surface area contributed by atoms with Crippen molar-refractivity contribution in [1.82, 2.24) is 14.5 Å². The van der Waals surface area contributed by atoms with E-state index in [2.05, 4.69) is 29.1 Å². The molecule has 7 heteroatoms. The normalized spacial score (nSPS) is 12.0. The summed E-state index contributed by atoms with van der Waals surface area (Å²) >= 11 is 6.12. The molecule has 27 heavy (non-hydrogen) atoms. The van der Waals surface area contributed by atoms with Crippen LogP contribution >= 0.6 is 11.6 Å². The number of nitrogens with zero attached hydrogens (tertiary/aromatic N) is 3. The van der Waals surface area contributed by atoms with Gasteiger partial charge in [0.25, 0.3) is 0 Å². The topological polar surface area (TPSA) is 72.2 Å². The largest absolute Gasteiger partial charge is 0.496 e. The Balaban J connectivity index is 1.98. The van der Waals surface area contributed by atoms with Crippen LogP contribution < -0.4 is 10.1 Å². The lowest BCUT2D eigenvalue weighted by atomic mass is 9.94. The number of benzene rings is 1. The highest BCUT2D eigenvalue weighted by molar-refractivity contribution is 6.29. The molecule has 0 saturated carbocycles. The number of ether oxygens (including phenoxy) is 1. The molecule has 6 nitrogen and oxygen atoms in total. The highest BCUT2D eigenvalue weighted by atomic mass is 35.5. The third kappa shape index (κ3) is 3.95. The molecule has 0 saturated heterocycles. The number of fused-ring (bicyclic) bond motifs is 1. The molecule has 0 spiro atoms. The smallest absolute Gasteiger partial charge is 0.225 e. The molecule has 2 heterocycles. The summed E-state index contributed by atoms with van der Waals surface area (Å²) in [5.41, 5.74) is 1.20. The molecule has 0 aliphatic heterocycles. The zero-order valence-corrected chi connectivity index (χ0v) is 17.0. The Labute approximate surface area is 164 Å². The van der Waals surface area contributed by atoms with Crippen LogP contribution in [0.1, 0.15) is 39.3 Å². The summed E-state index contributed by atoms with van der Waals surface area (Å²) in [6.45, 7) is 8.15. The van der Waals surface area contributed by atoms with Crippen molar-refractivity contribution >= 4 is 28.3 Å². The van der Waals surface area contributed by atoms with Gasteiger partial charge < -0.3 is 19.7 Å². The first-order valence-electron chi connectivity index (χ1n) is 8.89. The minimum Gasteiger partial charge on any atom is -0.496 e. The van der Waals surface area contributed by atoms with E-state index in [9.17, 15) is 5.11 Å². The Hall–Kier alpha value is -2.47. The first-order chi connectivity index (χ1) is 12.7. The van der Waals surface area contributed by atoms with Gasteiger partial charge in [-0.15, -0.1) is 0 Å². The van der Waals surface area contributed by atoms with Crippen molar-refractivity contribution in [3.8, 4) is 11.6 Å². The summed E-state index contributed by atoms with van der Waals surface area (Å²) in [5.74, 6) is 1.54. The molecule has 0 unspecified atom stereocenters. The van der Waals surface area contributed by atoms with Gasteiger partial charge in [0, 0.05) is 17.8 Å². The average Bonchev–Trinajstić information content (AvgIpc) is 2.92. The van der Waals surface area contributed by atoms with Gasteiger partial charge in [-0.2, -0.15) is 0 Å². The second-order valence-electron chi connectivity index (χ2n) is 7.55. The predicted molar refractivity (Wildman–Crippen MR) is 109 cm³/mol. The van der Waals surface area contributed by atoms with E-state index >= 15 is 0 Å². The molecule has 0 aliphatic rings. The molecule has 0 radical (unpaired) electrons. The lowest BCUT2D eigenvalue weighted by Gasteiger charge is -2.28. The molecule has 0 amide bonds. The van der Waals surface area contributed by atoms with Crippen LogP contribution in [0.2, 0.25) is 5.28 Å². The molecule has 0 fully saturated rings. The summed E-state index contributed by atoms with van der Waals surface area (Å²) in [7, 11) is 1.67. The third-order valence-electron chi connectivity index (χ3n) is 4.48. The summed E-state index contributed by atoms with van der Waals surface area (Å²) in [5, 5.41) is 14.8. The average molecular weight is 389 g/mol. The lowest BCUT2D eigenvalue weighted by molar-refractivity contribution is 0.404. The fraction of sp³-hybridized carbons (Fsp3) is 0.400. The van der Waals surface area contributed by atoms with Gasteiger partial charge in [0.15, 0.2) is 0 Å². The van der Waals surface area contributed by atoms with E-state index in [1.165, 1.54) is 0 Å². The SMILES string of the molecule is COc1ccccc1CC(C)(C)Nc1nc(Cl)nc2c(O)n(C(C)C)cc12. The monoisotopic (exact) mass is 388 g/mol. The van der Waals surface area contributed by atoms with Gasteiger partial charge in [-0.1, -0.05) is 18.2 Å². The van der Waals surface area contributed by atoms with Crippen LogP contribution in [-0.2, 0) is 6.42 Å². The lowest BCUT2D eigenvalue weighted by Crippen LogP contribution is -2.34. The van der Waals surface area contributed by atoms with Crippen molar-refractivity contribution < 1.29 is 9.84 Å². The van der Waals surface area contributed by atoms with Gasteiger partial charge in [0.1, 0.15) is 17.1 Å². The van der Waals surface area contributed by atoms with E-state index in [0.29, 0.717) is 11.3 Å². The van der Waals surface area contributed by atoms with E-state index in [-0.39, 0.29) is 22.7 Å². The zero-order chi connectivity index (χ0) is 19.8. The first kappa shape index (κ1) is 19.3. The minimum atomic E-state index is -0.338. The van der Waals surface area contributed by atoms with E-state index in [1.54, 1.807) is 11.7 Å². The van der Waals surface area contributed by atoms with E-state index in [0.717, 1.165) is 23.1 Å². The van der Waals surface area contributed by atoms with Crippen molar-refractivity contribution in [1.29, 1.82) is 0 Å². The van der Waals surface area contributed by atoms with Crippen molar-refractivity contribution in [2.75, 3.05) is 12.4 Å². The number of methoxy groups -OCH3 is 1. The molecular weight excluding hydrogens is 364 g/mol. The van der Waals surface area contributed by atoms with Crippen molar-refractivity contribution in [3.63, 3.8) is 0 Å². The van der Waals surface area contributed by atoms with Crippen LogP contribution in [0.3, 0.4) is 0 Å². The number of nitrogens with one attached hydrogen (secondary N) is 1. The number of hydrogen-bond donors (Lipinski definition) is 2. The van der Waals surface area contributed by atoms with Crippen LogP contribution in [0, 0.1) is 0 Å². The van der Waals surface area contributed by atoms with Gasteiger partial charge >= 0.3 is 0 Å². The number of halogens is 1. The summed E-state index contributed by atoms with van der Waals surface area (Å²) in [6, 6.07) is 8.03. The molecular formula is C20H25ClN4O2. The Morgan fingerprint density at radius 1 is 1.26 bits per heavy atom. The maximum Gasteiger partial charge on any atom is 0.225 e. The van der Waals surface area contributed by atoms with Gasteiger partial charge in [0.05, 0.1) is 12.5 Å². The molecule has 3 aromatic rings. The number of aromatic hydroxyl groups is 1. The number of hydrogen-bond acceptors (Lipinski definition) is 5. The van der Waals surface area contributed by atoms with Crippen LogP contribution in [0.25, 0.3) is 10.9 Å². The van der Waals surface area contributed by atoms with Crippen molar-refractivity contribution in [2.45, 2.75) is 45.7 Å².